The molecule has 0 saturated carbocycles. The van der Waals surface area contributed by atoms with Gasteiger partial charge in [0.1, 0.15) is 16.5 Å². The highest BCUT2D eigenvalue weighted by Crippen LogP contribution is 2.40. The van der Waals surface area contributed by atoms with Gasteiger partial charge in [-0.2, -0.15) is 0 Å². The molecule has 124 valence electrons. The van der Waals surface area contributed by atoms with E-state index in [1.165, 1.54) is 22.2 Å². The van der Waals surface area contributed by atoms with Gasteiger partial charge in [-0.1, -0.05) is 6.92 Å². The SMILES string of the molecule is Cc1nc(N[C@H](C)c2cnccn2)c2c3c(sc2n1)CC(C)CC3. The highest BCUT2D eigenvalue weighted by Gasteiger charge is 2.24. The normalized spacial score (nSPS) is 18.4. The van der Waals surface area contributed by atoms with Crippen molar-refractivity contribution >= 4 is 27.4 Å². The van der Waals surface area contributed by atoms with Crippen molar-refractivity contribution < 1.29 is 0 Å². The van der Waals surface area contributed by atoms with E-state index in [4.69, 9.17) is 4.98 Å². The first-order valence-electron chi connectivity index (χ1n) is 8.43. The number of fused-ring (bicyclic) bond motifs is 3. The molecule has 0 radical (unpaired) electrons. The maximum atomic E-state index is 4.70. The summed E-state index contributed by atoms with van der Waals surface area (Å²) in [6.45, 7) is 6.38. The third-order valence-corrected chi connectivity index (χ3v) is 5.80. The molecule has 6 heteroatoms. The Morgan fingerprint density at radius 1 is 1.29 bits per heavy atom. The fourth-order valence-electron chi connectivity index (χ4n) is 3.37. The average Bonchev–Trinajstić information content (AvgIpc) is 2.92. The van der Waals surface area contributed by atoms with Gasteiger partial charge < -0.3 is 5.32 Å². The molecule has 0 bridgehead atoms. The number of aryl methyl sites for hydroxylation is 2. The molecule has 2 atom stereocenters. The Kier molecular flexibility index (Phi) is 3.92. The van der Waals surface area contributed by atoms with Crippen LogP contribution >= 0.6 is 11.3 Å². The third kappa shape index (κ3) is 2.75. The van der Waals surface area contributed by atoms with Crippen LogP contribution in [0.1, 0.15) is 48.3 Å². The number of hydrogen-bond donors (Lipinski definition) is 1. The van der Waals surface area contributed by atoms with E-state index in [0.29, 0.717) is 0 Å². The van der Waals surface area contributed by atoms with Crippen molar-refractivity contribution in [2.75, 3.05) is 5.32 Å². The highest BCUT2D eigenvalue weighted by atomic mass is 32.1. The van der Waals surface area contributed by atoms with E-state index >= 15 is 0 Å². The molecule has 0 spiro atoms. The molecule has 5 nitrogen and oxygen atoms in total. The van der Waals surface area contributed by atoms with Crippen molar-refractivity contribution in [2.45, 2.75) is 46.1 Å². The van der Waals surface area contributed by atoms with E-state index in [0.717, 1.165) is 40.9 Å². The number of nitrogens with zero attached hydrogens (tertiary/aromatic N) is 4. The number of rotatable bonds is 3. The van der Waals surface area contributed by atoms with E-state index in [1.54, 1.807) is 18.6 Å². The van der Waals surface area contributed by atoms with Crippen LogP contribution in [-0.2, 0) is 12.8 Å². The monoisotopic (exact) mass is 339 g/mol. The Morgan fingerprint density at radius 2 is 2.17 bits per heavy atom. The number of nitrogens with one attached hydrogen (secondary N) is 1. The number of thiophene rings is 1. The lowest BCUT2D eigenvalue weighted by atomic mass is 9.89. The molecule has 3 aromatic rings. The van der Waals surface area contributed by atoms with Crippen molar-refractivity contribution in [1.82, 2.24) is 19.9 Å². The molecule has 0 saturated heterocycles. The summed E-state index contributed by atoms with van der Waals surface area (Å²) in [5.74, 6) is 2.50. The van der Waals surface area contributed by atoms with Crippen molar-refractivity contribution in [3.8, 4) is 0 Å². The summed E-state index contributed by atoms with van der Waals surface area (Å²) in [7, 11) is 0. The van der Waals surface area contributed by atoms with Crippen LogP contribution in [0.15, 0.2) is 18.6 Å². The molecule has 24 heavy (non-hydrogen) atoms. The molecule has 3 heterocycles. The molecule has 1 unspecified atom stereocenters. The van der Waals surface area contributed by atoms with Gasteiger partial charge in [0.15, 0.2) is 0 Å². The van der Waals surface area contributed by atoms with Crippen LogP contribution in [-0.4, -0.2) is 19.9 Å². The van der Waals surface area contributed by atoms with Gasteiger partial charge in [0.25, 0.3) is 0 Å². The van der Waals surface area contributed by atoms with Gasteiger partial charge in [-0.15, -0.1) is 11.3 Å². The minimum atomic E-state index is 0.0502. The molecule has 3 aromatic heterocycles. The zero-order valence-electron chi connectivity index (χ0n) is 14.2. The van der Waals surface area contributed by atoms with Gasteiger partial charge in [-0.05, 0) is 44.6 Å². The molecule has 4 rings (SSSR count). The second-order valence-electron chi connectivity index (χ2n) is 6.65. The quantitative estimate of drug-likeness (QED) is 0.779. The van der Waals surface area contributed by atoms with Crippen molar-refractivity contribution in [3.63, 3.8) is 0 Å². The standard InChI is InChI=1S/C18H21N5S/c1-10-4-5-13-15(8-10)24-18-16(13)17(22-12(3)23-18)21-11(2)14-9-19-6-7-20-14/h6-7,9-11H,4-5,8H2,1-3H3,(H,21,22,23)/t10?,11-/m1/s1. The molecular weight excluding hydrogens is 318 g/mol. The first-order chi connectivity index (χ1) is 11.6. The van der Waals surface area contributed by atoms with E-state index in [9.17, 15) is 0 Å². The molecule has 0 amide bonds. The Balaban J connectivity index is 1.77. The summed E-state index contributed by atoms with van der Waals surface area (Å²) in [5.41, 5.74) is 2.36. The van der Waals surface area contributed by atoms with Crippen molar-refractivity contribution in [1.29, 1.82) is 0 Å². The Labute approximate surface area is 145 Å². The third-order valence-electron chi connectivity index (χ3n) is 4.65. The zero-order valence-corrected chi connectivity index (χ0v) is 15.0. The van der Waals surface area contributed by atoms with Crippen LogP contribution in [0.2, 0.25) is 0 Å². The summed E-state index contributed by atoms with van der Waals surface area (Å²) >= 11 is 1.84. The lowest BCUT2D eigenvalue weighted by Crippen LogP contribution is -2.12. The van der Waals surface area contributed by atoms with E-state index in [2.05, 4.69) is 34.1 Å². The largest absolute Gasteiger partial charge is 0.361 e. The second kappa shape index (κ2) is 6.09. The minimum Gasteiger partial charge on any atom is -0.361 e. The van der Waals surface area contributed by atoms with Gasteiger partial charge in [-0.25, -0.2) is 9.97 Å². The van der Waals surface area contributed by atoms with Crippen LogP contribution in [0.3, 0.4) is 0 Å². The number of anilines is 1. The maximum Gasteiger partial charge on any atom is 0.139 e. The van der Waals surface area contributed by atoms with Crippen LogP contribution in [0.5, 0.6) is 0 Å². The zero-order chi connectivity index (χ0) is 16.7. The number of hydrogen-bond acceptors (Lipinski definition) is 6. The number of aromatic nitrogens is 4. The summed E-state index contributed by atoms with van der Waals surface area (Å²) in [6, 6.07) is 0.0502. The molecule has 0 fully saturated rings. The topological polar surface area (TPSA) is 63.6 Å². The Hall–Kier alpha value is -2.08. The second-order valence-corrected chi connectivity index (χ2v) is 7.73. The predicted octanol–water partition coefficient (Wildman–Crippen LogP) is 4.09. The first-order valence-corrected chi connectivity index (χ1v) is 9.25. The molecular formula is C18H21N5S. The Morgan fingerprint density at radius 3 is 2.96 bits per heavy atom. The first kappa shape index (κ1) is 15.4. The molecule has 0 aliphatic heterocycles. The van der Waals surface area contributed by atoms with E-state index in [-0.39, 0.29) is 6.04 Å². The van der Waals surface area contributed by atoms with Crippen LogP contribution in [0.4, 0.5) is 5.82 Å². The van der Waals surface area contributed by atoms with Crippen LogP contribution < -0.4 is 5.32 Å². The van der Waals surface area contributed by atoms with Crippen LogP contribution in [0, 0.1) is 12.8 Å². The van der Waals surface area contributed by atoms with Crippen molar-refractivity contribution in [2.24, 2.45) is 5.92 Å². The smallest absolute Gasteiger partial charge is 0.139 e. The Bertz CT molecular complexity index is 874. The summed E-state index contributed by atoms with van der Waals surface area (Å²) in [5, 5.41) is 4.75. The fourth-order valence-corrected chi connectivity index (χ4v) is 4.79. The van der Waals surface area contributed by atoms with Gasteiger partial charge in [0, 0.05) is 17.3 Å². The molecule has 1 aliphatic rings. The van der Waals surface area contributed by atoms with E-state index < -0.39 is 0 Å². The maximum absolute atomic E-state index is 4.70. The lowest BCUT2D eigenvalue weighted by Gasteiger charge is -2.19. The molecule has 1 N–H and O–H groups in total. The lowest BCUT2D eigenvalue weighted by molar-refractivity contribution is 0.509. The van der Waals surface area contributed by atoms with Gasteiger partial charge in [-0.3, -0.25) is 9.97 Å². The van der Waals surface area contributed by atoms with Gasteiger partial charge in [0.05, 0.1) is 23.3 Å². The van der Waals surface area contributed by atoms with Crippen LogP contribution in [0.25, 0.3) is 10.2 Å². The minimum absolute atomic E-state index is 0.0502. The van der Waals surface area contributed by atoms with E-state index in [1.807, 2.05) is 18.3 Å². The molecule has 0 aromatic carbocycles. The fraction of sp³-hybridized carbons (Fsp3) is 0.444. The van der Waals surface area contributed by atoms with Crippen molar-refractivity contribution in [3.05, 3.63) is 40.5 Å². The molecule has 1 aliphatic carbocycles. The summed E-state index contributed by atoms with van der Waals surface area (Å²) in [4.78, 5) is 20.5. The highest BCUT2D eigenvalue weighted by molar-refractivity contribution is 7.19. The predicted molar refractivity (Wildman–Crippen MR) is 97.4 cm³/mol. The summed E-state index contributed by atoms with van der Waals surface area (Å²) in [6.07, 6.45) is 8.74. The summed E-state index contributed by atoms with van der Waals surface area (Å²) < 4.78 is 0. The van der Waals surface area contributed by atoms with Gasteiger partial charge >= 0.3 is 0 Å². The van der Waals surface area contributed by atoms with Gasteiger partial charge in [0.2, 0.25) is 0 Å². The average molecular weight is 339 g/mol.